The molecule has 2 heteroatoms. The highest BCUT2D eigenvalue weighted by Gasteiger charge is 1.95. The zero-order valence-corrected chi connectivity index (χ0v) is 13.3. The SMILES string of the molecule is C[n+]1ccc(/C=C/c2ccc(NCc3ccccc3)cc2)cc1. The molecule has 0 saturated carbocycles. The van der Waals surface area contributed by atoms with Crippen LogP contribution in [-0.2, 0) is 13.6 Å². The van der Waals surface area contributed by atoms with Gasteiger partial charge >= 0.3 is 0 Å². The Morgan fingerprint density at radius 3 is 2.04 bits per heavy atom. The third-order valence-electron chi connectivity index (χ3n) is 3.72. The van der Waals surface area contributed by atoms with E-state index in [0.29, 0.717) is 0 Å². The molecular weight excluding hydrogens is 280 g/mol. The minimum atomic E-state index is 0.844. The Morgan fingerprint density at radius 2 is 1.39 bits per heavy atom. The van der Waals surface area contributed by atoms with E-state index in [9.17, 15) is 0 Å². The quantitative estimate of drug-likeness (QED) is 0.695. The van der Waals surface area contributed by atoms with Gasteiger partial charge in [-0.25, -0.2) is 4.57 Å². The standard InChI is InChI=1S/C21H20N2/c1-23-15-13-19(14-16-23)8-7-18-9-11-21(12-10-18)22-17-20-5-3-2-4-6-20/h2-16H,17H2,1H3/p+1. The maximum Gasteiger partial charge on any atom is 0.169 e. The highest BCUT2D eigenvalue weighted by molar-refractivity contribution is 5.70. The number of nitrogens with zero attached hydrogens (tertiary/aromatic N) is 1. The maximum absolute atomic E-state index is 3.44. The minimum absolute atomic E-state index is 0.844. The molecular formula is C21H21N2+. The summed E-state index contributed by atoms with van der Waals surface area (Å²) in [4.78, 5) is 0. The van der Waals surface area contributed by atoms with Crippen LogP contribution in [0.2, 0.25) is 0 Å². The third-order valence-corrected chi connectivity index (χ3v) is 3.72. The molecule has 0 bridgehead atoms. The Morgan fingerprint density at radius 1 is 0.783 bits per heavy atom. The number of aryl methyl sites for hydroxylation is 1. The number of nitrogens with one attached hydrogen (secondary N) is 1. The van der Waals surface area contributed by atoms with Crippen LogP contribution in [0.1, 0.15) is 16.7 Å². The lowest BCUT2D eigenvalue weighted by molar-refractivity contribution is -0.671. The second-order valence-corrected chi connectivity index (χ2v) is 5.59. The molecule has 0 radical (unpaired) electrons. The summed E-state index contributed by atoms with van der Waals surface area (Å²) in [6, 6.07) is 23.1. The Hall–Kier alpha value is -2.87. The average Bonchev–Trinajstić information content (AvgIpc) is 2.61. The Balaban J connectivity index is 1.59. The summed E-state index contributed by atoms with van der Waals surface area (Å²) in [7, 11) is 2.02. The first-order valence-electron chi connectivity index (χ1n) is 7.81. The molecule has 0 spiro atoms. The maximum atomic E-state index is 3.44. The van der Waals surface area contributed by atoms with Crippen molar-refractivity contribution >= 4 is 17.8 Å². The first-order chi connectivity index (χ1) is 11.3. The number of benzene rings is 2. The molecule has 114 valence electrons. The van der Waals surface area contributed by atoms with Gasteiger partial charge in [-0.15, -0.1) is 0 Å². The summed E-state index contributed by atoms with van der Waals surface area (Å²) in [6.07, 6.45) is 8.37. The second kappa shape index (κ2) is 7.41. The van der Waals surface area contributed by atoms with Gasteiger partial charge in [0.05, 0.1) is 0 Å². The van der Waals surface area contributed by atoms with Gasteiger partial charge in [-0.3, -0.25) is 0 Å². The van der Waals surface area contributed by atoms with E-state index < -0.39 is 0 Å². The summed E-state index contributed by atoms with van der Waals surface area (Å²) in [5.74, 6) is 0. The van der Waals surface area contributed by atoms with E-state index in [1.54, 1.807) is 0 Å². The van der Waals surface area contributed by atoms with Crippen LogP contribution in [0.4, 0.5) is 5.69 Å². The number of rotatable bonds is 5. The monoisotopic (exact) mass is 301 g/mol. The summed E-state index contributed by atoms with van der Waals surface area (Å²) in [5, 5.41) is 3.44. The summed E-state index contributed by atoms with van der Waals surface area (Å²) < 4.78 is 2.03. The van der Waals surface area contributed by atoms with Crippen molar-refractivity contribution in [3.05, 3.63) is 95.8 Å². The van der Waals surface area contributed by atoms with Crippen LogP contribution in [0.25, 0.3) is 12.2 Å². The van der Waals surface area contributed by atoms with Crippen molar-refractivity contribution in [3.8, 4) is 0 Å². The number of hydrogen-bond donors (Lipinski definition) is 1. The summed E-state index contributed by atoms with van der Waals surface area (Å²) >= 11 is 0. The van der Waals surface area contributed by atoms with Crippen LogP contribution in [0, 0.1) is 0 Å². The first kappa shape index (κ1) is 15.0. The lowest BCUT2D eigenvalue weighted by atomic mass is 10.1. The van der Waals surface area contributed by atoms with Gasteiger partial charge in [0, 0.05) is 24.4 Å². The largest absolute Gasteiger partial charge is 0.381 e. The lowest BCUT2D eigenvalue weighted by Gasteiger charge is -2.06. The molecule has 2 aromatic carbocycles. The molecule has 0 aliphatic heterocycles. The van der Waals surface area contributed by atoms with Crippen molar-refractivity contribution in [2.75, 3.05) is 5.32 Å². The van der Waals surface area contributed by atoms with Crippen LogP contribution in [0.15, 0.2) is 79.1 Å². The Bertz CT molecular complexity index is 757. The molecule has 0 saturated heterocycles. The summed E-state index contributed by atoms with van der Waals surface area (Å²) in [6.45, 7) is 0.844. The normalized spacial score (nSPS) is 10.8. The van der Waals surface area contributed by atoms with Crippen molar-refractivity contribution in [1.29, 1.82) is 0 Å². The lowest BCUT2D eigenvalue weighted by Crippen LogP contribution is -2.25. The van der Waals surface area contributed by atoms with Gasteiger partial charge in [0.1, 0.15) is 7.05 Å². The molecule has 23 heavy (non-hydrogen) atoms. The fourth-order valence-electron chi connectivity index (χ4n) is 2.33. The molecule has 1 aromatic heterocycles. The van der Waals surface area contributed by atoms with Crippen molar-refractivity contribution in [1.82, 2.24) is 0 Å². The Labute approximate surface area is 137 Å². The molecule has 0 fully saturated rings. The Kier molecular flexibility index (Phi) is 4.85. The predicted molar refractivity (Wildman–Crippen MR) is 96.8 cm³/mol. The molecule has 0 amide bonds. The van der Waals surface area contributed by atoms with Gasteiger partial charge in [-0.05, 0) is 28.8 Å². The molecule has 0 aliphatic carbocycles. The molecule has 1 heterocycles. The van der Waals surface area contributed by atoms with Crippen LogP contribution in [0.5, 0.6) is 0 Å². The van der Waals surface area contributed by atoms with Crippen molar-refractivity contribution < 1.29 is 4.57 Å². The van der Waals surface area contributed by atoms with Crippen molar-refractivity contribution in [3.63, 3.8) is 0 Å². The van der Waals surface area contributed by atoms with Crippen LogP contribution < -0.4 is 9.88 Å². The van der Waals surface area contributed by atoms with Gasteiger partial charge in [-0.2, -0.15) is 0 Å². The molecule has 2 nitrogen and oxygen atoms in total. The van der Waals surface area contributed by atoms with E-state index in [4.69, 9.17) is 0 Å². The van der Waals surface area contributed by atoms with Gasteiger partial charge in [0.25, 0.3) is 0 Å². The van der Waals surface area contributed by atoms with E-state index >= 15 is 0 Å². The van der Waals surface area contributed by atoms with Gasteiger partial charge < -0.3 is 5.32 Å². The van der Waals surface area contributed by atoms with Gasteiger partial charge in [0.2, 0.25) is 0 Å². The van der Waals surface area contributed by atoms with E-state index in [0.717, 1.165) is 12.2 Å². The number of anilines is 1. The molecule has 3 rings (SSSR count). The number of aromatic nitrogens is 1. The molecule has 0 unspecified atom stereocenters. The molecule has 0 atom stereocenters. The van der Waals surface area contributed by atoms with E-state index in [-0.39, 0.29) is 0 Å². The highest BCUT2D eigenvalue weighted by Crippen LogP contribution is 2.13. The number of pyridine rings is 1. The second-order valence-electron chi connectivity index (χ2n) is 5.59. The zero-order valence-electron chi connectivity index (χ0n) is 13.3. The van der Waals surface area contributed by atoms with E-state index in [1.165, 1.54) is 16.7 Å². The predicted octanol–water partition coefficient (Wildman–Crippen LogP) is 4.29. The van der Waals surface area contributed by atoms with Gasteiger partial charge in [-0.1, -0.05) is 54.6 Å². The highest BCUT2D eigenvalue weighted by atomic mass is 14.9. The fraction of sp³-hybridized carbons (Fsp3) is 0.0952. The average molecular weight is 301 g/mol. The van der Waals surface area contributed by atoms with E-state index in [1.807, 2.05) is 17.7 Å². The minimum Gasteiger partial charge on any atom is -0.381 e. The zero-order chi connectivity index (χ0) is 15.9. The summed E-state index contributed by atoms with van der Waals surface area (Å²) in [5.41, 5.74) is 4.82. The smallest absolute Gasteiger partial charge is 0.169 e. The van der Waals surface area contributed by atoms with Crippen molar-refractivity contribution in [2.45, 2.75) is 6.54 Å². The fourth-order valence-corrected chi connectivity index (χ4v) is 2.33. The first-order valence-corrected chi connectivity index (χ1v) is 7.81. The number of hydrogen-bond acceptors (Lipinski definition) is 1. The molecule has 3 aromatic rings. The van der Waals surface area contributed by atoms with E-state index in [2.05, 4.69) is 90.5 Å². The van der Waals surface area contributed by atoms with Gasteiger partial charge in [0.15, 0.2) is 12.4 Å². The van der Waals surface area contributed by atoms with Crippen LogP contribution in [0.3, 0.4) is 0 Å². The van der Waals surface area contributed by atoms with Crippen LogP contribution in [-0.4, -0.2) is 0 Å². The molecule has 0 aliphatic rings. The molecule has 1 N–H and O–H groups in total. The third kappa shape index (κ3) is 4.55. The van der Waals surface area contributed by atoms with Crippen molar-refractivity contribution in [2.24, 2.45) is 7.05 Å². The topological polar surface area (TPSA) is 15.9 Å². The van der Waals surface area contributed by atoms with Crippen LogP contribution >= 0.6 is 0 Å².